The van der Waals surface area contributed by atoms with Gasteiger partial charge in [0.1, 0.15) is 38.5 Å². The van der Waals surface area contributed by atoms with Crippen molar-refractivity contribution in [1.29, 1.82) is 0 Å². The molecule has 1 atom stereocenters. The van der Waals surface area contributed by atoms with E-state index >= 15 is 0 Å². The lowest BCUT2D eigenvalue weighted by Crippen LogP contribution is -3.28. The Balaban J connectivity index is 1.34. The van der Waals surface area contributed by atoms with Crippen LogP contribution in [0.4, 0.5) is 0 Å². The van der Waals surface area contributed by atoms with Crippen LogP contribution in [0.25, 0.3) is 0 Å². The number of quaternary nitrogens is 2. The Kier molecular flexibility index (Phi) is 6.67. The van der Waals surface area contributed by atoms with Crippen molar-refractivity contribution < 1.29 is 24.1 Å². The molecule has 0 radical (unpaired) electrons. The van der Waals surface area contributed by atoms with Crippen molar-refractivity contribution >= 4 is 5.91 Å². The molecule has 6 heteroatoms. The third-order valence-corrected chi connectivity index (χ3v) is 5.24. The third kappa shape index (κ3) is 5.70. The molecular weight excluding hydrogens is 318 g/mol. The van der Waals surface area contributed by atoms with Gasteiger partial charge in [-0.05, 0) is 37.1 Å². The van der Waals surface area contributed by atoms with Gasteiger partial charge < -0.3 is 24.6 Å². The molecule has 2 aliphatic heterocycles. The quantitative estimate of drug-likeness (QED) is 0.549. The third-order valence-electron chi connectivity index (χ3n) is 5.24. The SMILES string of the molecule is COc1ccc(C[NH+]2CC[NH+](CC(=O)NC[C@@H]3CCCO3)CC2)cc1. The first-order valence-corrected chi connectivity index (χ1v) is 9.41. The van der Waals surface area contributed by atoms with Crippen LogP contribution >= 0.6 is 0 Å². The molecule has 2 heterocycles. The highest BCUT2D eigenvalue weighted by Gasteiger charge is 2.25. The first-order chi connectivity index (χ1) is 12.2. The van der Waals surface area contributed by atoms with Gasteiger partial charge in [-0.1, -0.05) is 0 Å². The Bertz CT molecular complexity index is 535. The second-order valence-corrected chi connectivity index (χ2v) is 7.14. The van der Waals surface area contributed by atoms with Crippen LogP contribution in [0.15, 0.2) is 24.3 Å². The highest BCUT2D eigenvalue weighted by molar-refractivity contribution is 5.76. The molecular formula is C19H31N3O3+2. The smallest absolute Gasteiger partial charge is 0.275 e. The summed E-state index contributed by atoms with van der Waals surface area (Å²) in [4.78, 5) is 15.1. The Morgan fingerprint density at radius 1 is 1.20 bits per heavy atom. The fourth-order valence-corrected chi connectivity index (χ4v) is 3.67. The van der Waals surface area contributed by atoms with E-state index in [0.29, 0.717) is 13.1 Å². The highest BCUT2D eigenvalue weighted by atomic mass is 16.5. The molecule has 3 rings (SSSR count). The first kappa shape index (κ1) is 18.2. The van der Waals surface area contributed by atoms with E-state index in [0.717, 1.165) is 57.9 Å². The van der Waals surface area contributed by atoms with Crippen molar-refractivity contribution in [2.45, 2.75) is 25.5 Å². The number of amides is 1. The maximum atomic E-state index is 12.1. The maximum absolute atomic E-state index is 12.1. The van der Waals surface area contributed by atoms with Crippen molar-refractivity contribution in [3.63, 3.8) is 0 Å². The van der Waals surface area contributed by atoms with Gasteiger partial charge in [-0.25, -0.2) is 0 Å². The zero-order chi connectivity index (χ0) is 17.5. The van der Waals surface area contributed by atoms with Crippen molar-refractivity contribution in [3.05, 3.63) is 29.8 Å². The summed E-state index contributed by atoms with van der Waals surface area (Å²) in [6, 6.07) is 8.33. The second-order valence-electron chi connectivity index (χ2n) is 7.14. The summed E-state index contributed by atoms with van der Waals surface area (Å²) in [5.41, 5.74) is 1.34. The van der Waals surface area contributed by atoms with E-state index in [2.05, 4.69) is 17.4 Å². The molecule has 0 bridgehead atoms. The Morgan fingerprint density at radius 2 is 1.92 bits per heavy atom. The van der Waals surface area contributed by atoms with Gasteiger partial charge in [0.2, 0.25) is 0 Å². The number of benzene rings is 1. The summed E-state index contributed by atoms with van der Waals surface area (Å²) in [5.74, 6) is 1.06. The fourth-order valence-electron chi connectivity index (χ4n) is 3.67. The molecule has 6 nitrogen and oxygen atoms in total. The van der Waals surface area contributed by atoms with Crippen molar-refractivity contribution in [2.24, 2.45) is 0 Å². The van der Waals surface area contributed by atoms with E-state index in [9.17, 15) is 4.79 Å². The largest absolute Gasteiger partial charge is 0.497 e. The monoisotopic (exact) mass is 349 g/mol. The van der Waals surface area contributed by atoms with Gasteiger partial charge in [0.05, 0.1) is 13.2 Å². The topological polar surface area (TPSA) is 56.4 Å². The minimum Gasteiger partial charge on any atom is -0.497 e. The number of nitrogens with one attached hydrogen (secondary N) is 3. The molecule has 0 aromatic heterocycles. The molecule has 3 N–H and O–H groups in total. The van der Waals surface area contributed by atoms with Crippen molar-refractivity contribution in [2.75, 3.05) is 53.0 Å². The molecule has 25 heavy (non-hydrogen) atoms. The van der Waals surface area contributed by atoms with E-state index in [1.807, 2.05) is 12.1 Å². The number of methoxy groups -OCH3 is 1. The highest BCUT2D eigenvalue weighted by Crippen LogP contribution is 2.11. The molecule has 1 amide bonds. The minimum atomic E-state index is 0.157. The predicted molar refractivity (Wildman–Crippen MR) is 94.9 cm³/mol. The lowest BCUT2D eigenvalue weighted by molar-refractivity contribution is -1.02. The summed E-state index contributed by atoms with van der Waals surface area (Å²) in [5, 5.41) is 3.03. The number of piperazine rings is 1. The molecule has 2 saturated heterocycles. The molecule has 138 valence electrons. The van der Waals surface area contributed by atoms with Crippen LogP contribution in [0, 0.1) is 0 Å². The Labute approximate surface area is 150 Å². The minimum absolute atomic E-state index is 0.157. The van der Waals surface area contributed by atoms with E-state index in [1.54, 1.807) is 12.0 Å². The number of hydrogen-bond donors (Lipinski definition) is 3. The summed E-state index contributed by atoms with van der Waals surface area (Å²) in [6.45, 7) is 7.47. The summed E-state index contributed by atoms with van der Waals surface area (Å²) >= 11 is 0. The first-order valence-electron chi connectivity index (χ1n) is 9.41. The van der Waals surface area contributed by atoms with E-state index < -0.39 is 0 Å². The van der Waals surface area contributed by atoms with Gasteiger partial charge in [-0.15, -0.1) is 0 Å². The van der Waals surface area contributed by atoms with Crippen molar-refractivity contribution in [1.82, 2.24) is 5.32 Å². The van der Waals surface area contributed by atoms with Crippen LogP contribution in [0.3, 0.4) is 0 Å². The maximum Gasteiger partial charge on any atom is 0.275 e. The number of hydrogen-bond acceptors (Lipinski definition) is 3. The van der Waals surface area contributed by atoms with Crippen LogP contribution in [0.1, 0.15) is 18.4 Å². The molecule has 1 aromatic carbocycles. The lowest BCUT2D eigenvalue weighted by Gasteiger charge is -2.29. The van der Waals surface area contributed by atoms with Crippen LogP contribution in [-0.2, 0) is 16.1 Å². The summed E-state index contributed by atoms with van der Waals surface area (Å²) < 4.78 is 10.8. The predicted octanol–water partition coefficient (Wildman–Crippen LogP) is -1.73. The average Bonchev–Trinajstić information content (AvgIpc) is 3.16. The van der Waals surface area contributed by atoms with Crippen LogP contribution in [0.5, 0.6) is 5.75 Å². The summed E-state index contributed by atoms with van der Waals surface area (Å²) in [6.07, 6.45) is 2.41. The van der Waals surface area contributed by atoms with Gasteiger partial charge in [0.25, 0.3) is 5.91 Å². The normalized spacial score (nSPS) is 26.4. The van der Waals surface area contributed by atoms with Crippen LogP contribution in [-0.4, -0.2) is 65.0 Å². The lowest BCUT2D eigenvalue weighted by atomic mass is 10.2. The molecule has 0 unspecified atom stereocenters. The zero-order valence-corrected chi connectivity index (χ0v) is 15.2. The molecule has 2 aliphatic rings. The standard InChI is InChI=1S/C19H29N3O3/c1-24-17-6-4-16(5-7-17)14-21-8-10-22(11-9-21)15-19(23)20-13-18-3-2-12-25-18/h4-7,18H,2-3,8-15H2,1H3,(H,20,23)/p+2/t18-/m0/s1. The Hall–Kier alpha value is -1.63. The number of rotatable bonds is 7. The van der Waals surface area contributed by atoms with Gasteiger partial charge >= 0.3 is 0 Å². The fraction of sp³-hybridized carbons (Fsp3) is 0.632. The number of carbonyl (C=O) groups is 1. The van der Waals surface area contributed by atoms with E-state index in [-0.39, 0.29) is 12.0 Å². The van der Waals surface area contributed by atoms with Gasteiger partial charge in [-0.2, -0.15) is 0 Å². The molecule has 1 aromatic rings. The van der Waals surface area contributed by atoms with E-state index in [4.69, 9.17) is 9.47 Å². The molecule has 2 fully saturated rings. The molecule has 0 spiro atoms. The van der Waals surface area contributed by atoms with Gasteiger partial charge in [0, 0.05) is 18.7 Å². The van der Waals surface area contributed by atoms with E-state index in [1.165, 1.54) is 10.5 Å². The van der Waals surface area contributed by atoms with Crippen LogP contribution < -0.4 is 19.9 Å². The molecule has 0 aliphatic carbocycles. The van der Waals surface area contributed by atoms with Crippen LogP contribution in [0.2, 0.25) is 0 Å². The molecule has 0 saturated carbocycles. The Morgan fingerprint density at radius 3 is 2.56 bits per heavy atom. The van der Waals surface area contributed by atoms with Crippen molar-refractivity contribution in [3.8, 4) is 5.75 Å². The summed E-state index contributed by atoms with van der Waals surface area (Å²) in [7, 11) is 1.69. The second kappa shape index (κ2) is 9.17. The van der Waals surface area contributed by atoms with Gasteiger partial charge in [-0.3, -0.25) is 4.79 Å². The number of ether oxygens (including phenoxy) is 2. The number of carbonyl (C=O) groups excluding carboxylic acids is 1. The average molecular weight is 349 g/mol. The zero-order valence-electron chi connectivity index (χ0n) is 15.2. The van der Waals surface area contributed by atoms with Gasteiger partial charge in [0.15, 0.2) is 6.54 Å².